The van der Waals surface area contributed by atoms with Crippen molar-refractivity contribution in [2.24, 2.45) is 0 Å². The van der Waals surface area contributed by atoms with Crippen LogP contribution in [0.5, 0.6) is 0 Å². The number of aliphatic carboxylic acids is 1. The molecule has 7 heteroatoms. The lowest BCUT2D eigenvalue weighted by Crippen LogP contribution is -2.36. The van der Waals surface area contributed by atoms with Crippen LogP contribution in [0.15, 0.2) is 24.7 Å². The van der Waals surface area contributed by atoms with Gasteiger partial charge in [0.05, 0.1) is 5.56 Å². The summed E-state index contributed by atoms with van der Waals surface area (Å²) in [5.41, 5.74) is 1.05. The highest BCUT2D eigenvalue weighted by Gasteiger charge is 2.18. The summed E-state index contributed by atoms with van der Waals surface area (Å²) in [4.78, 5) is 24.3. The van der Waals surface area contributed by atoms with Crippen molar-refractivity contribution >= 4 is 17.5 Å². The van der Waals surface area contributed by atoms with E-state index in [1.807, 2.05) is 6.92 Å². The number of nitrogens with zero attached hydrogens (tertiary/aromatic N) is 4. The van der Waals surface area contributed by atoms with Gasteiger partial charge in [0.15, 0.2) is 5.65 Å². The van der Waals surface area contributed by atoms with Crippen LogP contribution in [0.2, 0.25) is 0 Å². The van der Waals surface area contributed by atoms with Gasteiger partial charge in [-0.2, -0.15) is 0 Å². The third-order valence-electron chi connectivity index (χ3n) is 2.64. The molecule has 0 radical (unpaired) electrons. The Morgan fingerprint density at radius 1 is 1.42 bits per heavy atom. The van der Waals surface area contributed by atoms with E-state index in [0.29, 0.717) is 24.2 Å². The molecule has 0 bridgehead atoms. The second kappa shape index (κ2) is 5.47. The van der Waals surface area contributed by atoms with Gasteiger partial charge in [-0.25, -0.2) is 0 Å². The number of aromatic nitrogens is 3. The summed E-state index contributed by atoms with van der Waals surface area (Å²) in [5.74, 6) is -1.33. The Morgan fingerprint density at radius 3 is 2.89 bits per heavy atom. The molecule has 0 aromatic carbocycles. The molecule has 2 heterocycles. The van der Waals surface area contributed by atoms with E-state index in [4.69, 9.17) is 5.11 Å². The number of rotatable bonds is 5. The number of carbonyl (C=O) groups is 2. The van der Waals surface area contributed by atoms with Crippen molar-refractivity contribution in [3.63, 3.8) is 0 Å². The first-order valence-electron chi connectivity index (χ1n) is 5.92. The van der Waals surface area contributed by atoms with Crippen molar-refractivity contribution in [2.45, 2.75) is 13.3 Å². The minimum absolute atomic E-state index is 0.299. The van der Waals surface area contributed by atoms with Gasteiger partial charge in [-0.05, 0) is 18.6 Å². The minimum Gasteiger partial charge on any atom is -0.480 e. The molecular formula is C12H14N4O3. The molecule has 1 N–H and O–H groups in total. The zero-order chi connectivity index (χ0) is 13.8. The number of hydrogen-bond donors (Lipinski definition) is 1. The van der Waals surface area contributed by atoms with Gasteiger partial charge in [0, 0.05) is 12.7 Å². The van der Waals surface area contributed by atoms with Gasteiger partial charge in [0.2, 0.25) is 0 Å². The third kappa shape index (κ3) is 2.87. The van der Waals surface area contributed by atoms with E-state index in [1.54, 1.807) is 22.7 Å². The van der Waals surface area contributed by atoms with Crippen molar-refractivity contribution in [3.05, 3.63) is 30.2 Å². The predicted octanol–water partition coefficient (Wildman–Crippen LogP) is 0.666. The lowest BCUT2D eigenvalue weighted by Gasteiger charge is -2.19. The van der Waals surface area contributed by atoms with Gasteiger partial charge in [-0.1, -0.05) is 6.92 Å². The smallest absolute Gasteiger partial charge is 0.323 e. The lowest BCUT2D eigenvalue weighted by atomic mass is 10.2. The predicted molar refractivity (Wildman–Crippen MR) is 66.8 cm³/mol. The van der Waals surface area contributed by atoms with Gasteiger partial charge in [-0.15, -0.1) is 10.2 Å². The van der Waals surface area contributed by atoms with Crippen molar-refractivity contribution in [1.82, 2.24) is 19.5 Å². The Morgan fingerprint density at radius 2 is 2.21 bits per heavy atom. The van der Waals surface area contributed by atoms with Crippen molar-refractivity contribution in [1.29, 1.82) is 0 Å². The number of amides is 1. The Hall–Kier alpha value is -2.44. The van der Waals surface area contributed by atoms with Gasteiger partial charge in [-0.3, -0.25) is 14.0 Å². The Labute approximate surface area is 109 Å². The van der Waals surface area contributed by atoms with E-state index >= 15 is 0 Å². The van der Waals surface area contributed by atoms with Crippen LogP contribution >= 0.6 is 0 Å². The van der Waals surface area contributed by atoms with Gasteiger partial charge < -0.3 is 10.0 Å². The molecule has 2 aromatic heterocycles. The molecule has 2 rings (SSSR count). The summed E-state index contributed by atoms with van der Waals surface area (Å²) in [5, 5.41) is 16.4. The summed E-state index contributed by atoms with van der Waals surface area (Å²) in [7, 11) is 0. The van der Waals surface area contributed by atoms with Crippen molar-refractivity contribution < 1.29 is 14.7 Å². The average molecular weight is 262 g/mol. The first-order valence-corrected chi connectivity index (χ1v) is 5.92. The van der Waals surface area contributed by atoms with Crippen LogP contribution in [0.3, 0.4) is 0 Å². The monoisotopic (exact) mass is 262 g/mol. The number of carboxylic acid groups (broad SMARTS) is 1. The molecule has 0 saturated heterocycles. The molecule has 1 amide bonds. The molecule has 0 aliphatic rings. The second-order valence-corrected chi connectivity index (χ2v) is 4.13. The number of pyridine rings is 1. The summed E-state index contributed by atoms with van der Waals surface area (Å²) < 4.78 is 1.62. The maximum Gasteiger partial charge on any atom is 0.323 e. The van der Waals surface area contributed by atoms with Gasteiger partial charge >= 0.3 is 5.97 Å². The number of hydrogen-bond acceptors (Lipinski definition) is 4. The largest absolute Gasteiger partial charge is 0.480 e. The quantitative estimate of drug-likeness (QED) is 0.855. The number of carbonyl (C=O) groups excluding carboxylic acids is 1. The fourth-order valence-electron chi connectivity index (χ4n) is 1.82. The molecular weight excluding hydrogens is 248 g/mol. The van der Waals surface area contributed by atoms with E-state index < -0.39 is 5.97 Å². The second-order valence-electron chi connectivity index (χ2n) is 4.13. The summed E-state index contributed by atoms with van der Waals surface area (Å²) in [6.07, 6.45) is 3.80. The van der Waals surface area contributed by atoms with E-state index in [1.165, 1.54) is 11.2 Å². The molecule has 0 aliphatic carbocycles. The zero-order valence-corrected chi connectivity index (χ0v) is 10.5. The Balaban J connectivity index is 2.26. The molecule has 100 valence electrons. The molecule has 19 heavy (non-hydrogen) atoms. The van der Waals surface area contributed by atoms with Crippen LogP contribution in [0.1, 0.15) is 23.7 Å². The molecule has 0 atom stereocenters. The maximum atomic E-state index is 12.2. The molecule has 0 spiro atoms. The Bertz CT molecular complexity index is 608. The molecule has 7 nitrogen and oxygen atoms in total. The minimum atomic E-state index is -1.02. The maximum absolute atomic E-state index is 12.2. The number of carboxylic acids is 1. The summed E-state index contributed by atoms with van der Waals surface area (Å²) >= 11 is 0. The van der Waals surface area contributed by atoms with Crippen LogP contribution in [0, 0.1) is 0 Å². The van der Waals surface area contributed by atoms with Gasteiger partial charge in [0.1, 0.15) is 12.9 Å². The van der Waals surface area contributed by atoms with Crippen LogP contribution < -0.4 is 0 Å². The van der Waals surface area contributed by atoms with E-state index in [9.17, 15) is 9.59 Å². The van der Waals surface area contributed by atoms with Gasteiger partial charge in [0.25, 0.3) is 5.91 Å². The molecule has 0 fully saturated rings. The molecule has 0 saturated carbocycles. The Kier molecular flexibility index (Phi) is 3.74. The highest BCUT2D eigenvalue weighted by atomic mass is 16.4. The normalized spacial score (nSPS) is 10.6. The van der Waals surface area contributed by atoms with Crippen LogP contribution in [0.4, 0.5) is 0 Å². The summed E-state index contributed by atoms with van der Waals surface area (Å²) in [6.45, 7) is 2.00. The van der Waals surface area contributed by atoms with Crippen molar-refractivity contribution in [3.8, 4) is 0 Å². The first-order chi connectivity index (χ1) is 9.11. The van der Waals surface area contributed by atoms with E-state index in [-0.39, 0.29) is 12.5 Å². The molecule has 0 unspecified atom stereocenters. The highest BCUT2D eigenvalue weighted by molar-refractivity contribution is 5.95. The fraction of sp³-hybridized carbons (Fsp3) is 0.333. The van der Waals surface area contributed by atoms with E-state index in [0.717, 1.165) is 0 Å². The topological polar surface area (TPSA) is 87.8 Å². The van der Waals surface area contributed by atoms with Crippen molar-refractivity contribution in [2.75, 3.05) is 13.1 Å². The molecule has 0 aliphatic heterocycles. The van der Waals surface area contributed by atoms with Crippen LogP contribution in [-0.2, 0) is 4.79 Å². The van der Waals surface area contributed by atoms with Crippen LogP contribution in [-0.4, -0.2) is 49.6 Å². The number of fused-ring (bicyclic) bond motifs is 1. The highest BCUT2D eigenvalue weighted by Crippen LogP contribution is 2.08. The summed E-state index contributed by atoms with van der Waals surface area (Å²) in [6, 6.07) is 3.29. The first kappa shape index (κ1) is 13.0. The average Bonchev–Trinajstić information content (AvgIpc) is 2.84. The van der Waals surface area contributed by atoms with Crippen LogP contribution in [0.25, 0.3) is 5.65 Å². The standard InChI is InChI=1S/C12H14N4O3/c1-2-5-15(7-11(17)18)12(19)9-3-4-10-14-13-8-16(10)6-9/h3-4,6,8H,2,5,7H2,1H3,(H,17,18). The third-order valence-corrected chi connectivity index (χ3v) is 2.64. The van der Waals surface area contributed by atoms with E-state index in [2.05, 4.69) is 10.2 Å². The zero-order valence-electron chi connectivity index (χ0n) is 10.5. The lowest BCUT2D eigenvalue weighted by molar-refractivity contribution is -0.137. The molecule has 2 aromatic rings. The SMILES string of the molecule is CCCN(CC(=O)O)C(=O)c1ccc2nncn2c1. The fourth-order valence-corrected chi connectivity index (χ4v) is 1.82.